The van der Waals surface area contributed by atoms with E-state index < -0.39 is 0 Å². The third kappa shape index (κ3) is 6.09. The van der Waals surface area contributed by atoms with E-state index in [9.17, 15) is 4.79 Å². The highest BCUT2D eigenvalue weighted by Crippen LogP contribution is 2.29. The standard InChI is InChI=1S/C26H35NO3/c1-4-6-24(17-27-26(28)29-3)22-11-12-23-16-25(14-13-21(23)15-22)30-18-20-9-7-19(5-2)8-10-20/h7-12,15,24-25H,4-6,13-14,16-18H2,1-3H3,(H,27,28). The quantitative estimate of drug-likeness (QED) is 0.589. The number of carbonyl (C=O) groups excluding carboxylic acids is 1. The Labute approximate surface area is 181 Å². The number of benzene rings is 2. The smallest absolute Gasteiger partial charge is 0.406 e. The first-order chi connectivity index (χ1) is 14.6. The monoisotopic (exact) mass is 409 g/mol. The number of hydrogen-bond donors (Lipinski definition) is 1. The summed E-state index contributed by atoms with van der Waals surface area (Å²) in [6.45, 7) is 5.65. The van der Waals surface area contributed by atoms with Gasteiger partial charge in [-0.15, -0.1) is 0 Å². The third-order valence-corrected chi connectivity index (χ3v) is 6.12. The van der Waals surface area contributed by atoms with Crippen LogP contribution in [0.3, 0.4) is 0 Å². The second-order valence-electron chi connectivity index (χ2n) is 8.23. The van der Waals surface area contributed by atoms with E-state index in [1.165, 1.54) is 34.9 Å². The van der Waals surface area contributed by atoms with Crippen molar-refractivity contribution < 1.29 is 14.3 Å². The molecule has 0 saturated heterocycles. The van der Waals surface area contributed by atoms with Crippen LogP contribution in [0, 0.1) is 0 Å². The summed E-state index contributed by atoms with van der Waals surface area (Å²) >= 11 is 0. The molecular formula is C26H35NO3. The molecular weight excluding hydrogens is 374 g/mol. The zero-order valence-corrected chi connectivity index (χ0v) is 18.6. The summed E-state index contributed by atoms with van der Waals surface area (Å²) in [5.74, 6) is 0.319. The van der Waals surface area contributed by atoms with Crippen LogP contribution in [0.25, 0.3) is 0 Å². The van der Waals surface area contributed by atoms with E-state index in [1.54, 1.807) is 0 Å². The van der Waals surface area contributed by atoms with Gasteiger partial charge < -0.3 is 14.8 Å². The molecule has 1 amide bonds. The van der Waals surface area contributed by atoms with Gasteiger partial charge in [-0.2, -0.15) is 0 Å². The van der Waals surface area contributed by atoms with Gasteiger partial charge in [-0.3, -0.25) is 0 Å². The molecule has 0 bridgehead atoms. The number of alkyl carbamates (subject to hydrolysis) is 1. The minimum Gasteiger partial charge on any atom is -0.453 e. The number of rotatable bonds is 9. The Morgan fingerprint density at radius 3 is 2.57 bits per heavy atom. The van der Waals surface area contributed by atoms with E-state index in [4.69, 9.17) is 9.47 Å². The van der Waals surface area contributed by atoms with Crippen LogP contribution in [-0.4, -0.2) is 25.9 Å². The lowest BCUT2D eigenvalue weighted by Gasteiger charge is -2.27. The van der Waals surface area contributed by atoms with Gasteiger partial charge in [-0.05, 0) is 59.9 Å². The molecule has 1 N–H and O–H groups in total. The highest BCUT2D eigenvalue weighted by molar-refractivity contribution is 5.66. The van der Waals surface area contributed by atoms with E-state index in [0.29, 0.717) is 19.1 Å². The van der Waals surface area contributed by atoms with Crippen LogP contribution in [0.5, 0.6) is 0 Å². The van der Waals surface area contributed by atoms with Gasteiger partial charge in [0.15, 0.2) is 0 Å². The fourth-order valence-corrected chi connectivity index (χ4v) is 4.24. The lowest BCUT2D eigenvalue weighted by molar-refractivity contribution is 0.0319. The maximum Gasteiger partial charge on any atom is 0.406 e. The Kier molecular flexibility index (Phi) is 8.32. The molecule has 30 heavy (non-hydrogen) atoms. The molecule has 2 atom stereocenters. The van der Waals surface area contributed by atoms with Crippen molar-refractivity contribution in [2.75, 3.05) is 13.7 Å². The van der Waals surface area contributed by atoms with E-state index >= 15 is 0 Å². The molecule has 3 rings (SSSR count). The number of methoxy groups -OCH3 is 1. The number of amides is 1. The first-order valence-electron chi connectivity index (χ1n) is 11.3. The molecule has 2 aromatic carbocycles. The predicted molar refractivity (Wildman–Crippen MR) is 121 cm³/mol. The Morgan fingerprint density at radius 1 is 1.10 bits per heavy atom. The van der Waals surface area contributed by atoms with Crippen molar-refractivity contribution in [3.05, 3.63) is 70.3 Å². The lowest BCUT2D eigenvalue weighted by Crippen LogP contribution is -2.28. The fraction of sp³-hybridized carbons (Fsp3) is 0.500. The second kappa shape index (κ2) is 11.2. The molecule has 2 aromatic rings. The molecule has 0 spiro atoms. The second-order valence-corrected chi connectivity index (χ2v) is 8.23. The predicted octanol–water partition coefficient (Wildman–Crippen LogP) is 5.56. The largest absolute Gasteiger partial charge is 0.453 e. The van der Waals surface area contributed by atoms with Crippen LogP contribution < -0.4 is 5.32 Å². The van der Waals surface area contributed by atoms with Gasteiger partial charge in [0.05, 0.1) is 19.8 Å². The summed E-state index contributed by atoms with van der Waals surface area (Å²) in [5, 5.41) is 2.86. The van der Waals surface area contributed by atoms with Gasteiger partial charge in [0, 0.05) is 12.5 Å². The van der Waals surface area contributed by atoms with Crippen LogP contribution in [0.15, 0.2) is 42.5 Å². The number of ether oxygens (including phenoxy) is 2. The van der Waals surface area contributed by atoms with E-state index in [2.05, 4.69) is 61.6 Å². The van der Waals surface area contributed by atoms with Gasteiger partial charge in [-0.1, -0.05) is 62.7 Å². The highest BCUT2D eigenvalue weighted by Gasteiger charge is 2.21. The molecule has 4 heteroatoms. The Morgan fingerprint density at radius 2 is 1.87 bits per heavy atom. The summed E-state index contributed by atoms with van der Waals surface area (Å²) in [4.78, 5) is 11.5. The van der Waals surface area contributed by atoms with Crippen molar-refractivity contribution in [3.8, 4) is 0 Å². The minimum atomic E-state index is -0.363. The summed E-state index contributed by atoms with van der Waals surface area (Å²) in [7, 11) is 1.40. The minimum absolute atomic E-state index is 0.279. The van der Waals surface area contributed by atoms with Gasteiger partial charge in [0.1, 0.15) is 0 Å². The maximum absolute atomic E-state index is 11.5. The number of carbonyl (C=O) groups is 1. The van der Waals surface area contributed by atoms with Gasteiger partial charge in [0.25, 0.3) is 0 Å². The number of aryl methyl sites for hydroxylation is 2. The average Bonchev–Trinajstić information content (AvgIpc) is 2.80. The average molecular weight is 410 g/mol. The third-order valence-electron chi connectivity index (χ3n) is 6.12. The number of fused-ring (bicyclic) bond motifs is 1. The molecule has 2 unspecified atom stereocenters. The van der Waals surface area contributed by atoms with E-state index in [0.717, 1.165) is 38.5 Å². The number of nitrogens with one attached hydrogen (secondary N) is 1. The molecule has 0 aromatic heterocycles. The van der Waals surface area contributed by atoms with Gasteiger partial charge in [0.2, 0.25) is 0 Å². The van der Waals surface area contributed by atoms with Crippen LogP contribution in [0.4, 0.5) is 4.79 Å². The van der Waals surface area contributed by atoms with Crippen molar-refractivity contribution >= 4 is 6.09 Å². The summed E-state index contributed by atoms with van der Waals surface area (Å²) in [6.07, 6.45) is 6.20. The zero-order valence-electron chi connectivity index (χ0n) is 18.6. The van der Waals surface area contributed by atoms with Crippen molar-refractivity contribution in [1.82, 2.24) is 5.32 Å². The molecule has 1 aliphatic carbocycles. The molecule has 4 nitrogen and oxygen atoms in total. The van der Waals surface area contributed by atoms with Crippen LogP contribution in [-0.2, 0) is 35.3 Å². The fourth-order valence-electron chi connectivity index (χ4n) is 4.24. The molecule has 0 radical (unpaired) electrons. The van der Waals surface area contributed by atoms with Crippen molar-refractivity contribution in [2.24, 2.45) is 0 Å². The summed E-state index contributed by atoms with van der Waals surface area (Å²) in [5.41, 5.74) is 6.74. The molecule has 0 heterocycles. The lowest BCUT2D eigenvalue weighted by atomic mass is 9.85. The topological polar surface area (TPSA) is 47.6 Å². The molecule has 0 saturated carbocycles. The Balaban J connectivity index is 1.58. The van der Waals surface area contributed by atoms with Crippen molar-refractivity contribution in [1.29, 1.82) is 0 Å². The van der Waals surface area contributed by atoms with Crippen LogP contribution in [0.1, 0.15) is 66.8 Å². The summed E-state index contributed by atoms with van der Waals surface area (Å²) in [6, 6.07) is 15.6. The van der Waals surface area contributed by atoms with E-state index in [-0.39, 0.29) is 12.2 Å². The van der Waals surface area contributed by atoms with Crippen LogP contribution >= 0.6 is 0 Å². The van der Waals surface area contributed by atoms with Crippen LogP contribution in [0.2, 0.25) is 0 Å². The first-order valence-corrected chi connectivity index (χ1v) is 11.3. The molecule has 0 aliphatic heterocycles. The first kappa shape index (κ1) is 22.4. The summed E-state index contributed by atoms with van der Waals surface area (Å²) < 4.78 is 11.0. The zero-order chi connectivity index (χ0) is 21.3. The molecule has 162 valence electrons. The van der Waals surface area contributed by atoms with Gasteiger partial charge in [-0.25, -0.2) is 4.79 Å². The van der Waals surface area contributed by atoms with Crippen molar-refractivity contribution in [2.45, 2.75) is 71.0 Å². The van der Waals surface area contributed by atoms with Crippen molar-refractivity contribution in [3.63, 3.8) is 0 Å². The Bertz CT molecular complexity index is 816. The SMILES string of the molecule is CCCC(CNC(=O)OC)c1ccc2c(c1)CCC(OCc1ccc(CC)cc1)C2. The number of hydrogen-bond acceptors (Lipinski definition) is 3. The van der Waals surface area contributed by atoms with E-state index in [1.807, 2.05) is 0 Å². The molecule has 1 aliphatic rings. The van der Waals surface area contributed by atoms with Gasteiger partial charge >= 0.3 is 6.09 Å². The highest BCUT2D eigenvalue weighted by atomic mass is 16.5. The molecule has 0 fully saturated rings. The Hall–Kier alpha value is -2.33. The normalized spacial score (nSPS) is 16.6. The maximum atomic E-state index is 11.5.